The van der Waals surface area contributed by atoms with Crippen molar-refractivity contribution in [3.8, 4) is 11.4 Å². The first kappa shape index (κ1) is 24.2. The summed E-state index contributed by atoms with van der Waals surface area (Å²) in [7, 11) is -7.31. The van der Waals surface area contributed by atoms with Crippen LogP contribution in [0, 0.1) is 13.8 Å². The van der Waals surface area contributed by atoms with Crippen LogP contribution in [0.1, 0.15) is 24.0 Å². The van der Waals surface area contributed by atoms with Crippen LogP contribution in [0.5, 0.6) is 0 Å². The van der Waals surface area contributed by atoms with Gasteiger partial charge in [-0.15, -0.1) is 0 Å². The molecule has 3 aromatic carbocycles. The standard InChI is InChI=1S/C26H26N4O4S2/c1-18-9-10-21(16-23(18)26-27-17-20-7-3-4-8-24(20)28-26)29-36(33,34)25-12-11-22(15-19(25)2)30-13-5-6-14-35(30,31)32/h3-4,7-12,15-17,29H,5-6,13-14H2,1-2H3. The van der Waals surface area contributed by atoms with E-state index >= 15 is 0 Å². The van der Waals surface area contributed by atoms with Gasteiger partial charge in [-0.25, -0.2) is 26.8 Å². The lowest BCUT2D eigenvalue weighted by Crippen LogP contribution is -2.37. The summed E-state index contributed by atoms with van der Waals surface area (Å²) in [6.07, 6.45) is 3.16. The molecule has 1 aromatic heterocycles. The molecule has 186 valence electrons. The van der Waals surface area contributed by atoms with Gasteiger partial charge in [0.05, 0.1) is 21.9 Å². The van der Waals surface area contributed by atoms with Crippen molar-refractivity contribution in [2.75, 3.05) is 21.3 Å². The number of rotatable bonds is 5. The lowest BCUT2D eigenvalue weighted by Gasteiger charge is -2.28. The molecule has 0 aliphatic carbocycles. The summed E-state index contributed by atoms with van der Waals surface area (Å²) in [6, 6.07) is 17.5. The third kappa shape index (κ3) is 4.66. The quantitative estimate of drug-likeness (QED) is 0.409. The van der Waals surface area contributed by atoms with Crippen molar-refractivity contribution in [1.29, 1.82) is 0 Å². The number of fused-ring (bicyclic) bond motifs is 1. The average Bonchev–Trinajstić information content (AvgIpc) is 2.84. The van der Waals surface area contributed by atoms with Crippen LogP contribution >= 0.6 is 0 Å². The maximum Gasteiger partial charge on any atom is 0.262 e. The van der Waals surface area contributed by atoms with Gasteiger partial charge < -0.3 is 0 Å². The Kier molecular flexibility index (Phi) is 6.17. The zero-order valence-corrected chi connectivity index (χ0v) is 21.6. The van der Waals surface area contributed by atoms with E-state index in [1.165, 1.54) is 10.4 Å². The first-order valence-electron chi connectivity index (χ1n) is 11.6. The Bertz CT molecular complexity index is 1690. The first-order valence-corrected chi connectivity index (χ1v) is 14.7. The number of hydrogen-bond donors (Lipinski definition) is 1. The van der Waals surface area contributed by atoms with E-state index in [0.717, 1.165) is 28.5 Å². The Morgan fingerprint density at radius 2 is 1.75 bits per heavy atom. The van der Waals surface area contributed by atoms with Crippen LogP contribution in [0.2, 0.25) is 0 Å². The lowest BCUT2D eigenvalue weighted by atomic mass is 10.1. The maximum absolute atomic E-state index is 13.3. The molecule has 0 spiro atoms. The summed E-state index contributed by atoms with van der Waals surface area (Å²) < 4.78 is 55.5. The zero-order valence-electron chi connectivity index (χ0n) is 20.0. The summed E-state index contributed by atoms with van der Waals surface area (Å²) in [5.74, 6) is 0.611. The maximum atomic E-state index is 13.3. The highest BCUT2D eigenvalue weighted by atomic mass is 32.2. The molecule has 5 rings (SSSR count). The number of aromatic nitrogens is 2. The normalized spacial score (nSPS) is 15.7. The zero-order chi connectivity index (χ0) is 25.5. The van der Waals surface area contributed by atoms with Crippen LogP contribution in [0.3, 0.4) is 0 Å². The van der Waals surface area contributed by atoms with Crippen LogP contribution in [0.25, 0.3) is 22.3 Å². The van der Waals surface area contributed by atoms with Crippen LogP contribution in [-0.2, 0) is 20.0 Å². The second-order valence-corrected chi connectivity index (χ2v) is 12.6. The van der Waals surface area contributed by atoms with Crippen molar-refractivity contribution in [1.82, 2.24) is 9.97 Å². The van der Waals surface area contributed by atoms with E-state index in [1.807, 2.05) is 37.3 Å². The predicted molar refractivity (Wildman–Crippen MR) is 142 cm³/mol. The smallest absolute Gasteiger partial charge is 0.262 e. The summed E-state index contributed by atoms with van der Waals surface area (Å²) in [5, 5.41) is 0.923. The molecule has 2 heterocycles. The summed E-state index contributed by atoms with van der Waals surface area (Å²) in [4.78, 5) is 9.20. The molecule has 1 saturated heterocycles. The van der Waals surface area contributed by atoms with E-state index in [0.29, 0.717) is 35.7 Å². The number of aryl methyl sites for hydroxylation is 2. The Labute approximate surface area is 211 Å². The van der Waals surface area contributed by atoms with E-state index < -0.39 is 20.0 Å². The minimum atomic E-state index is -3.93. The Hall–Kier alpha value is -3.50. The minimum Gasteiger partial charge on any atom is -0.280 e. The Morgan fingerprint density at radius 3 is 2.53 bits per heavy atom. The molecule has 0 atom stereocenters. The van der Waals surface area contributed by atoms with E-state index in [9.17, 15) is 16.8 Å². The van der Waals surface area contributed by atoms with Gasteiger partial charge in [0.25, 0.3) is 10.0 Å². The van der Waals surface area contributed by atoms with Crippen LogP contribution < -0.4 is 9.03 Å². The van der Waals surface area contributed by atoms with Gasteiger partial charge in [0.1, 0.15) is 0 Å². The van der Waals surface area contributed by atoms with E-state index in [1.54, 1.807) is 37.4 Å². The minimum absolute atomic E-state index is 0.0877. The SMILES string of the molecule is Cc1ccc(NS(=O)(=O)c2ccc(N3CCCCS3(=O)=O)cc2C)cc1-c1ncc2ccccc2n1. The topological polar surface area (TPSA) is 109 Å². The van der Waals surface area contributed by atoms with Gasteiger partial charge in [0.2, 0.25) is 10.0 Å². The molecular weight excluding hydrogens is 496 g/mol. The van der Waals surface area contributed by atoms with Crippen molar-refractivity contribution in [2.45, 2.75) is 31.6 Å². The van der Waals surface area contributed by atoms with Crippen molar-refractivity contribution >= 4 is 42.3 Å². The van der Waals surface area contributed by atoms with Crippen LogP contribution in [0.4, 0.5) is 11.4 Å². The molecule has 1 aliphatic heterocycles. The number of benzene rings is 3. The molecule has 0 radical (unpaired) electrons. The molecule has 10 heteroatoms. The van der Waals surface area contributed by atoms with Gasteiger partial charge in [-0.3, -0.25) is 9.03 Å². The van der Waals surface area contributed by atoms with Gasteiger partial charge >= 0.3 is 0 Å². The van der Waals surface area contributed by atoms with E-state index in [4.69, 9.17) is 0 Å². The predicted octanol–water partition coefficient (Wildman–Crippen LogP) is 4.64. The second-order valence-electron chi connectivity index (χ2n) is 8.93. The summed E-state index contributed by atoms with van der Waals surface area (Å²) in [6.45, 7) is 3.98. The first-order chi connectivity index (χ1) is 17.1. The Balaban J connectivity index is 1.45. The number of nitrogens with zero attached hydrogens (tertiary/aromatic N) is 3. The number of hydrogen-bond acceptors (Lipinski definition) is 6. The third-order valence-corrected chi connectivity index (χ3v) is 9.72. The third-order valence-electron chi connectivity index (χ3n) is 6.31. The van der Waals surface area contributed by atoms with Crippen molar-refractivity contribution in [2.24, 2.45) is 0 Å². The lowest BCUT2D eigenvalue weighted by molar-refractivity contribution is 0.574. The Morgan fingerprint density at radius 1 is 0.944 bits per heavy atom. The van der Waals surface area contributed by atoms with E-state index in [-0.39, 0.29) is 10.6 Å². The molecule has 8 nitrogen and oxygen atoms in total. The fraction of sp³-hybridized carbons (Fsp3) is 0.231. The number of nitrogens with one attached hydrogen (secondary N) is 1. The molecule has 0 bridgehead atoms. The van der Waals surface area contributed by atoms with E-state index in [2.05, 4.69) is 14.7 Å². The van der Waals surface area contributed by atoms with Gasteiger partial charge in [-0.2, -0.15) is 0 Å². The monoisotopic (exact) mass is 522 g/mol. The molecule has 1 N–H and O–H groups in total. The van der Waals surface area contributed by atoms with Gasteiger partial charge in [0, 0.05) is 29.4 Å². The molecule has 0 saturated carbocycles. The van der Waals surface area contributed by atoms with Crippen molar-refractivity contribution < 1.29 is 16.8 Å². The number of para-hydroxylation sites is 1. The van der Waals surface area contributed by atoms with Crippen molar-refractivity contribution in [3.63, 3.8) is 0 Å². The molecule has 0 amide bonds. The fourth-order valence-corrected chi connectivity index (χ4v) is 7.32. The fourth-order valence-electron chi connectivity index (χ4n) is 4.41. The largest absolute Gasteiger partial charge is 0.280 e. The number of sulfonamides is 2. The average molecular weight is 523 g/mol. The highest BCUT2D eigenvalue weighted by Gasteiger charge is 2.27. The number of anilines is 2. The van der Waals surface area contributed by atoms with Gasteiger partial charge in [0.15, 0.2) is 5.82 Å². The molecule has 4 aromatic rings. The molecular formula is C26H26N4O4S2. The van der Waals surface area contributed by atoms with Crippen molar-refractivity contribution in [3.05, 3.63) is 78.0 Å². The summed E-state index contributed by atoms with van der Waals surface area (Å²) in [5.41, 5.74) is 3.77. The molecule has 36 heavy (non-hydrogen) atoms. The van der Waals surface area contributed by atoms with Crippen LogP contribution in [0.15, 0.2) is 71.8 Å². The van der Waals surface area contributed by atoms with Crippen LogP contribution in [-0.4, -0.2) is 39.1 Å². The van der Waals surface area contributed by atoms with Gasteiger partial charge in [-0.1, -0.05) is 24.3 Å². The second kappa shape index (κ2) is 9.18. The van der Waals surface area contributed by atoms with Gasteiger partial charge in [-0.05, 0) is 74.2 Å². The highest BCUT2D eigenvalue weighted by Crippen LogP contribution is 2.30. The molecule has 1 aliphatic rings. The highest BCUT2D eigenvalue weighted by molar-refractivity contribution is 7.93. The molecule has 0 unspecified atom stereocenters. The summed E-state index contributed by atoms with van der Waals surface area (Å²) >= 11 is 0. The molecule has 1 fully saturated rings.